The maximum atomic E-state index is 5.43. The number of ether oxygens (including phenoxy) is 2. The first-order chi connectivity index (χ1) is 11.7. The van der Waals surface area contributed by atoms with Crippen LogP contribution in [0.3, 0.4) is 0 Å². The van der Waals surface area contributed by atoms with Gasteiger partial charge in [0, 0.05) is 10.9 Å². The van der Waals surface area contributed by atoms with Gasteiger partial charge in [-0.05, 0) is 31.2 Å². The van der Waals surface area contributed by atoms with E-state index < -0.39 is 0 Å². The molecule has 1 N–H and O–H groups in total. The first-order valence-corrected chi connectivity index (χ1v) is 9.57. The molecular formula is C17H19N3O2S2. The zero-order valence-corrected chi connectivity index (χ0v) is 15.5. The highest BCUT2D eigenvalue weighted by Gasteiger charge is 2.20. The van der Waals surface area contributed by atoms with Gasteiger partial charge in [0.1, 0.15) is 17.0 Å². The van der Waals surface area contributed by atoms with Gasteiger partial charge < -0.3 is 14.8 Å². The molecule has 0 spiro atoms. The Morgan fingerprint density at radius 2 is 1.96 bits per heavy atom. The highest BCUT2D eigenvalue weighted by atomic mass is 32.1. The van der Waals surface area contributed by atoms with E-state index in [0.717, 1.165) is 50.7 Å². The average molecular weight is 361 g/mol. The number of nitrogens with zero attached hydrogens (tertiary/aromatic N) is 2. The number of nitrogens with one attached hydrogen (secondary N) is 1. The van der Waals surface area contributed by atoms with Gasteiger partial charge in [-0.25, -0.2) is 9.97 Å². The van der Waals surface area contributed by atoms with Crippen LogP contribution in [-0.2, 0) is 12.8 Å². The van der Waals surface area contributed by atoms with Crippen LogP contribution in [0.25, 0.3) is 10.2 Å². The Hall–Kier alpha value is -1.86. The van der Waals surface area contributed by atoms with Crippen molar-refractivity contribution in [1.29, 1.82) is 0 Å². The van der Waals surface area contributed by atoms with Crippen molar-refractivity contribution in [3.8, 4) is 11.5 Å². The molecule has 0 saturated heterocycles. The van der Waals surface area contributed by atoms with E-state index in [1.54, 1.807) is 36.9 Å². The fourth-order valence-electron chi connectivity index (χ4n) is 2.99. The summed E-state index contributed by atoms with van der Waals surface area (Å²) < 4.78 is 11.8. The van der Waals surface area contributed by atoms with Crippen LogP contribution in [0.2, 0.25) is 0 Å². The number of fused-ring (bicyclic) bond motifs is 2. The molecule has 3 aromatic rings. The predicted octanol–water partition coefficient (Wildman–Crippen LogP) is 4.64. The third kappa shape index (κ3) is 2.82. The lowest BCUT2D eigenvalue weighted by atomic mass is 9.93. The van der Waals surface area contributed by atoms with Gasteiger partial charge in [-0.2, -0.15) is 0 Å². The van der Waals surface area contributed by atoms with E-state index in [9.17, 15) is 0 Å². The smallest absolute Gasteiger partial charge is 0.190 e. The van der Waals surface area contributed by atoms with Crippen molar-refractivity contribution in [2.24, 2.45) is 5.92 Å². The van der Waals surface area contributed by atoms with Gasteiger partial charge in [0.2, 0.25) is 0 Å². The molecule has 0 radical (unpaired) electrons. The number of methoxy groups -OCH3 is 2. The quantitative estimate of drug-likeness (QED) is 0.734. The third-order valence-electron chi connectivity index (χ3n) is 4.29. The monoisotopic (exact) mass is 361 g/mol. The average Bonchev–Trinajstić information content (AvgIpc) is 3.16. The number of aromatic nitrogens is 2. The van der Waals surface area contributed by atoms with Crippen LogP contribution in [0, 0.1) is 5.92 Å². The molecular weight excluding hydrogens is 342 g/mol. The molecule has 1 unspecified atom stereocenters. The molecule has 0 bridgehead atoms. The highest BCUT2D eigenvalue weighted by Crippen LogP contribution is 2.38. The summed E-state index contributed by atoms with van der Waals surface area (Å²) in [6, 6.07) is 3.84. The number of hydrogen-bond donors (Lipinski definition) is 1. The molecule has 7 heteroatoms. The Morgan fingerprint density at radius 3 is 2.75 bits per heavy atom. The van der Waals surface area contributed by atoms with Crippen molar-refractivity contribution < 1.29 is 9.47 Å². The van der Waals surface area contributed by atoms with Crippen LogP contribution in [0.15, 0.2) is 12.1 Å². The predicted molar refractivity (Wildman–Crippen MR) is 99.3 cm³/mol. The van der Waals surface area contributed by atoms with E-state index >= 15 is 0 Å². The zero-order valence-electron chi connectivity index (χ0n) is 13.9. The minimum atomic E-state index is 0.723. The Balaban J connectivity index is 1.65. The molecule has 0 saturated carbocycles. The summed E-state index contributed by atoms with van der Waals surface area (Å²) in [7, 11) is 3.30. The number of anilines is 2. The topological polar surface area (TPSA) is 56.3 Å². The molecule has 24 heavy (non-hydrogen) atoms. The van der Waals surface area contributed by atoms with Gasteiger partial charge in [0.05, 0.1) is 24.6 Å². The minimum absolute atomic E-state index is 0.723. The fourth-order valence-corrected chi connectivity index (χ4v) is 5.13. The second kappa shape index (κ2) is 6.22. The highest BCUT2D eigenvalue weighted by molar-refractivity contribution is 7.22. The van der Waals surface area contributed by atoms with Crippen LogP contribution in [0.4, 0.5) is 10.3 Å². The van der Waals surface area contributed by atoms with Crippen molar-refractivity contribution >= 4 is 43.2 Å². The van der Waals surface area contributed by atoms with Gasteiger partial charge in [-0.15, -0.1) is 11.3 Å². The standard InChI is InChI=1S/C17H19N3O2S2/c1-9-4-5-11-13(6-9)23-16(18-11)20-17-19-15-12(22-3)7-10(21-2)8-14(15)24-17/h7-9H,4-6H2,1-3H3,(H,18,19,20). The molecule has 5 nitrogen and oxygen atoms in total. The number of thiazole rings is 2. The third-order valence-corrected chi connectivity index (χ3v) is 6.24. The van der Waals surface area contributed by atoms with Crippen LogP contribution >= 0.6 is 22.7 Å². The summed E-state index contributed by atoms with van der Waals surface area (Å²) in [6.07, 6.45) is 3.45. The largest absolute Gasteiger partial charge is 0.497 e. The van der Waals surface area contributed by atoms with Crippen molar-refractivity contribution in [2.75, 3.05) is 19.5 Å². The molecule has 1 aromatic carbocycles. The lowest BCUT2D eigenvalue weighted by Crippen LogP contribution is -2.09. The summed E-state index contributed by atoms with van der Waals surface area (Å²) in [5.74, 6) is 2.25. The number of hydrogen-bond acceptors (Lipinski definition) is 7. The lowest BCUT2D eigenvalue weighted by Gasteiger charge is -2.15. The molecule has 126 valence electrons. The number of rotatable bonds is 4. The van der Waals surface area contributed by atoms with Gasteiger partial charge >= 0.3 is 0 Å². The van der Waals surface area contributed by atoms with E-state index in [1.807, 2.05) is 12.1 Å². The fraction of sp³-hybridized carbons (Fsp3) is 0.412. The van der Waals surface area contributed by atoms with E-state index in [1.165, 1.54) is 17.0 Å². The summed E-state index contributed by atoms with van der Waals surface area (Å²) in [6.45, 7) is 2.31. The van der Waals surface area contributed by atoms with Gasteiger partial charge in [0.25, 0.3) is 0 Å². The van der Waals surface area contributed by atoms with E-state index in [4.69, 9.17) is 14.5 Å². The summed E-state index contributed by atoms with van der Waals surface area (Å²) in [5.41, 5.74) is 2.10. The van der Waals surface area contributed by atoms with Gasteiger partial charge in [-0.1, -0.05) is 18.3 Å². The van der Waals surface area contributed by atoms with Crippen LogP contribution in [0.5, 0.6) is 11.5 Å². The number of aryl methyl sites for hydroxylation is 1. The second-order valence-corrected chi connectivity index (χ2v) is 8.17. The maximum Gasteiger partial charge on any atom is 0.190 e. The van der Waals surface area contributed by atoms with Gasteiger partial charge in [-0.3, -0.25) is 0 Å². The molecule has 1 aliphatic carbocycles. The SMILES string of the molecule is COc1cc(OC)c2nc(Nc3nc4c(s3)CC(C)CC4)sc2c1. The molecule has 2 aromatic heterocycles. The zero-order chi connectivity index (χ0) is 16.7. The van der Waals surface area contributed by atoms with E-state index in [2.05, 4.69) is 17.2 Å². The molecule has 0 fully saturated rings. The normalized spacial score (nSPS) is 16.9. The first-order valence-electron chi connectivity index (χ1n) is 7.94. The van der Waals surface area contributed by atoms with Crippen molar-refractivity contribution in [3.63, 3.8) is 0 Å². The van der Waals surface area contributed by atoms with Crippen LogP contribution < -0.4 is 14.8 Å². The summed E-state index contributed by atoms with van der Waals surface area (Å²) in [4.78, 5) is 10.8. The van der Waals surface area contributed by atoms with E-state index in [-0.39, 0.29) is 0 Å². The maximum absolute atomic E-state index is 5.43. The molecule has 0 amide bonds. The van der Waals surface area contributed by atoms with E-state index in [0.29, 0.717) is 0 Å². The summed E-state index contributed by atoms with van der Waals surface area (Å²) in [5, 5.41) is 5.13. The van der Waals surface area contributed by atoms with Crippen LogP contribution in [-0.4, -0.2) is 24.2 Å². The summed E-state index contributed by atoms with van der Waals surface area (Å²) >= 11 is 3.33. The Kier molecular flexibility index (Phi) is 4.05. The Labute approximate surface area is 148 Å². The van der Waals surface area contributed by atoms with Crippen molar-refractivity contribution in [1.82, 2.24) is 9.97 Å². The Morgan fingerprint density at radius 1 is 1.12 bits per heavy atom. The molecule has 1 atom stereocenters. The lowest BCUT2D eigenvalue weighted by molar-refractivity contribution is 0.397. The second-order valence-electron chi connectivity index (χ2n) is 6.06. The Bertz CT molecular complexity index is 887. The molecule has 0 aliphatic heterocycles. The van der Waals surface area contributed by atoms with Gasteiger partial charge in [0.15, 0.2) is 10.3 Å². The number of benzene rings is 1. The minimum Gasteiger partial charge on any atom is -0.497 e. The van der Waals surface area contributed by atoms with Crippen molar-refractivity contribution in [3.05, 3.63) is 22.7 Å². The molecule has 1 aliphatic rings. The van der Waals surface area contributed by atoms with Crippen LogP contribution in [0.1, 0.15) is 23.9 Å². The molecule has 2 heterocycles. The first kappa shape index (κ1) is 15.7. The van der Waals surface area contributed by atoms with Crippen molar-refractivity contribution in [2.45, 2.75) is 26.2 Å². The molecule has 4 rings (SSSR count).